The number of fused-ring (bicyclic) bond motifs is 2. The van der Waals surface area contributed by atoms with Gasteiger partial charge in [-0.3, -0.25) is 0 Å². The van der Waals surface area contributed by atoms with Gasteiger partial charge >= 0.3 is 0 Å². The van der Waals surface area contributed by atoms with E-state index < -0.39 is 0 Å². The quantitative estimate of drug-likeness (QED) is 0.248. The third-order valence-corrected chi connectivity index (χ3v) is 6.80. The van der Waals surface area contributed by atoms with E-state index in [0.29, 0.717) is 11.3 Å². The number of anilines is 3. The van der Waals surface area contributed by atoms with Crippen LogP contribution in [-0.2, 0) is 0 Å². The van der Waals surface area contributed by atoms with Crippen molar-refractivity contribution >= 4 is 22.7 Å². The first-order valence-corrected chi connectivity index (χ1v) is 11.8. The van der Waals surface area contributed by atoms with Crippen LogP contribution >= 0.6 is 0 Å². The van der Waals surface area contributed by atoms with Crippen molar-refractivity contribution in [2.75, 3.05) is 4.90 Å². The van der Waals surface area contributed by atoms with Crippen LogP contribution in [0.15, 0.2) is 121 Å². The minimum absolute atomic E-state index is 0.156. The molecule has 1 aliphatic rings. The summed E-state index contributed by atoms with van der Waals surface area (Å²) in [6, 6.07) is 43.6. The summed E-state index contributed by atoms with van der Waals surface area (Å²) in [7, 11) is 0. The Morgan fingerprint density at radius 2 is 1.31 bits per heavy atom. The molecule has 0 radical (unpaired) electrons. The molecule has 3 heteroatoms. The maximum atomic E-state index is 9.60. The third-order valence-electron chi connectivity index (χ3n) is 6.80. The van der Waals surface area contributed by atoms with E-state index in [2.05, 4.69) is 107 Å². The van der Waals surface area contributed by atoms with E-state index in [1.54, 1.807) is 18.2 Å². The molecule has 1 aliphatic heterocycles. The summed E-state index contributed by atoms with van der Waals surface area (Å²) in [5.74, 6) is 0.156. The minimum atomic E-state index is 0.156. The van der Waals surface area contributed by atoms with Gasteiger partial charge in [0.25, 0.3) is 0 Å². The van der Waals surface area contributed by atoms with Crippen molar-refractivity contribution in [1.29, 1.82) is 5.26 Å². The smallest absolute Gasteiger partial charge is 0.187 e. The highest BCUT2D eigenvalue weighted by Gasteiger charge is 2.31. The largest absolute Gasteiger partial charge is 0.310 e. The van der Waals surface area contributed by atoms with Crippen molar-refractivity contribution < 1.29 is 0 Å². The second-order valence-electron chi connectivity index (χ2n) is 8.80. The molecule has 3 nitrogen and oxygen atoms in total. The Morgan fingerprint density at radius 3 is 1.92 bits per heavy atom. The Bertz CT molecular complexity index is 1610. The SMILES string of the molecule is [C-]#[N+]c1ccc(C#N)c(-c2ccc(N3c4ccccc4C(c4ccccc4)c4ccccc43)cc2)c1. The van der Waals surface area contributed by atoms with Gasteiger partial charge in [-0.15, -0.1) is 0 Å². The Morgan fingerprint density at radius 1 is 0.694 bits per heavy atom. The lowest BCUT2D eigenvalue weighted by atomic mass is 9.80. The summed E-state index contributed by atoms with van der Waals surface area (Å²) in [5.41, 5.74) is 9.96. The van der Waals surface area contributed by atoms with Gasteiger partial charge in [0, 0.05) is 11.6 Å². The fraction of sp³-hybridized carbons (Fsp3) is 0.0303. The molecule has 0 spiro atoms. The molecule has 0 saturated heterocycles. The van der Waals surface area contributed by atoms with Crippen LogP contribution in [0.1, 0.15) is 28.2 Å². The van der Waals surface area contributed by atoms with Crippen LogP contribution in [0.2, 0.25) is 0 Å². The van der Waals surface area contributed by atoms with E-state index in [-0.39, 0.29) is 5.92 Å². The first-order chi connectivity index (χ1) is 17.8. The molecule has 0 aliphatic carbocycles. The fourth-order valence-corrected chi connectivity index (χ4v) is 5.18. The van der Waals surface area contributed by atoms with Gasteiger partial charge in [0.1, 0.15) is 0 Å². The van der Waals surface area contributed by atoms with Gasteiger partial charge in [0.15, 0.2) is 5.69 Å². The van der Waals surface area contributed by atoms with Gasteiger partial charge in [-0.05, 0) is 58.1 Å². The van der Waals surface area contributed by atoms with Crippen molar-refractivity contribution in [2.45, 2.75) is 5.92 Å². The molecule has 0 unspecified atom stereocenters. The van der Waals surface area contributed by atoms with Crippen molar-refractivity contribution in [3.63, 3.8) is 0 Å². The Hall–Kier alpha value is -5.12. The molecular formula is C33H21N3. The maximum absolute atomic E-state index is 9.60. The average Bonchev–Trinajstić information content (AvgIpc) is 2.96. The molecule has 0 aromatic heterocycles. The summed E-state index contributed by atoms with van der Waals surface area (Å²) >= 11 is 0. The lowest BCUT2D eigenvalue weighted by molar-refractivity contribution is 0.939. The van der Waals surface area contributed by atoms with Crippen molar-refractivity contribution in [3.8, 4) is 17.2 Å². The second kappa shape index (κ2) is 8.91. The number of hydrogen-bond acceptors (Lipinski definition) is 2. The molecule has 36 heavy (non-hydrogen) atoms. The van der Waals surface area contributed by atoms with E-state index in [9.17, 15) is 5.26 Å². The summed E-state index contributed by atoms with van der Waals surface area (Å²) in [6.45, 7) is 7.35. The summed E-state index contributed by atoms with van der Waals surface area (Å²) in [5, 5.41) is 9.60. The number of benzene rings is 5. The number of nitrogens with zero attached hydrogens (tertiary/aromatic N) is 3. The van der Waals surface area contributed by atoms with E-state index >= 15 is 0 Å². The summed E-state index contributed by atoms with van der Waals surface area (Å²) < 4.78 is 0. The number of hydrogen-bond donors (Lipinski definition) is 0. The molecule has 0 atom stereocenters. The number of rotatable bonds is 3. The monoisotopic (exact) mass is 459 g/mol. The maximum Gasteiger partial charge on any atom is 0.187 e. The number of nitriles is 1. The highest BCUT2D eigenvalue weighted by molar-refractivity contribution is 5.87. The molecule has 1 heterocycles. The zero-order chi connectivity index (χ0) is 24.5. The van der Waals surface area contributed by atoms with E-state index in [1.165, 1.54) is 16.7 Å². The van der Waals surface area contributed by atoms with Crippen LogP contribution in [-0.4, -0.2) is 0 Å². The van der Waals surface area contributed by atoms with Gasteiger partial charge in [-0.2, -0.15) is 5.26 Å². The normalized spacial score (nSPS) is 12.2. The van der Waals surface area contributed by atoms with Crippen molar-refractivity contribution in [2.24, 2.45) is 0 Å². The molecule has 0 saturated carbocycles. The van der Waals surface area contributed by atoms with Gasteiger partial charge in [-0.25, -0.2) is 4.85 Å². The Balaban J connectivity index is 1.49. The molecule has 5 aromatic rings. The lowest BCUT2D eigenvalue weighted by Gasteiger charge is -2.38. The zero-order valence-corrected chi connectivity index (χ0v) is 19.5. The third kappa shape index (κ3) is 3.52. The highest BCUT2D eigenvalue weighted by atomic mass is 15.2. The standard InChI is InChI=1S/C33H21N3/c1-35-26-18-15-25(22-34)30(21-26)23-16-19-27(20-17-23)36-31-13-7-5-11-28(31)33(24-9-3-2-4-10-24)29-12-6-8-14-32(29)36/h2-21,33H. The van der Waals surface area contributed by atoms with E-state index in [0.717, 1.165) is 28.2 Å². The van der Waals surface area contributed by atoms with Crippen LogP contribution in [0, 0.1) is 17.9 Å². The van der Waals surface area contributed by atoms with Gasteiger partial charge in [0.05, 0.1) is 29.6 Å². The van der Waals surface area contributed by atoms with E-state index in [4.69, 9.17) is 6.57 Å². The van der Waals surface area contributed by atoms with Crippen LogP contribution in [0.4, 0.5) is 22.7 Å². The minimum Gasteiger partial charge on any atom is -0.310 e. The predicted molar refractivity (Wildman–Crippen MR) is 145 cm³/mol. The van der Waals surface area contributed by atoms with Crippen LogP contribution < -0.4 is 4.90 Å². The van der Waals surface area contributed by atoms with Gasteiger partial charge in [0.2, 0.25) is 0 Å². The first-order valence-electron chi connectivity index (χ1n) is 11.8. The molecule has 0 fully saturated rings. The molecule has 0 bridgehead atoms. The Kier molecular flexibility index (Phi) is 5.30. The highest BCUT2D eigenvalue weighted by Crippen LogP contribution is 2.51. The molecule has 0 amide bonds. The summed E-state index contributed by atoms with van der Waals surface area (Å²) in [6.07, 6.45) is 0. The number of para-hydroxylation sites is 2. The molecular weight excluding hydrogens is 438 g/mol. The second-order valence-corrected chi connectivity index (χ2v) is 8.80. The van der Waals surface area contributed by atoms with Gasteiger partial charge in [-0.1, -0.05) is 91.0 Å². The Labute approximate surface area is 211 Å². The zero-order valence-electron chi connectivity index (χ0n) is 19.5. The average molecular weight is 460 g/mol. The predicted octanol–water partition coefficient (Wildman–Crippen LogP) is 8.74. The molecule has 0 N–H and O–H groups in total. The fourth-order valence-electron chi connectivity index (χ4n) is 5.18. The molecule has 5 aromatic carbocycles. The van der Waals surface area contributed by atoms with Crippen LogP contribution in [0.5, 0.6) is 0 Å². The molecule has 168 valence electrons. The van der Waals surface area contributed by atoms with Gasteiger partial charge < -0.3 is 4.90 Å². The first kappa shape index (κ1) is 21.4. The van der Waals surface area contributed by atoms with Crippen molar-refractivity contribution in [1.82, 2.24) is 0 Å². The van der Waals surface area contributed by atoms with Crippen LogP contribution in [0.3, 0.4) is 0 Å². The lowest BCUT2D eigenvalue weighted by Crippen LogP contribution is -2.22. The van der Waals surface area contributed by atoms with E-state index in [1.807, 2.05) is 12.1 Å². The molecule has 6 rings (SSSR count). The van der Waals surface area contributed by atoms with Crippen LogP contribution in [0.25, 0.3) is 16.0 Å². The summed E-state index contributed by atoms with van der Waals surface area (Å²) in [4.78, 5) is 5.85. The van der Waals surface area contributed by atoms with Crippen molar-refractivity contribution in [3.05, 3.63) is 155 Å². The topological polar surface area (TPSA) is 31.4 Å².